The van der Waals surface area contributed by atoms with Gasteiger partial charge in [0.25, 0.3) is 0 Å². The first-order valence-corrected chi connectivity index (χ1v) is 6.44. The third kappa shape index (κ3) is 3.60. The van der Waals surface area contributed by atoms with Gasteiger partial charge in [-0.3, -0.25) is 4.79 Å². The molecule has 0 aliphatic heterocycles. The Morgan fingerprint density at radius 3 is 2.57 bits per heavy atom. The molecule has 1 amide bonds. The minimum absolute atomic E-state index is 0.178. The molecule has 2 aromatic rings. The number of nitrogens with one attached hydrogen (secondary N) is 1. The summed E-state index contributed by atoms with van der Waals surface area (Å²) in [6.07, 6.45) is 0.182. The average molecular weight is 284 g/mol. The van der Waals surface area contributed by atoms with Crippen molar-refractivity contribution >= 4 is 23.3 Å². The first kappa shape index (κ1) is 14.6. The molecule has 2 rings (SSSR count). The second-order valence-electron chi connectivity index (χ2n) is 4.75. The zero-order valence-electron chi connectivity index (χ0n) is 11.6. The minimum Gasteiger partial charge on any atom is -0.478 e. The normalized spacial score (nSPS) is 10.1. The number of amides is 1. The fraction of sp³-hybridized carbons (Fsp3) is 0.125. The van der Waals surface area contributed by atoms with E-state index in [1.54, 1.807) is 37.3 Å². The molecule has 0 aromatic heterocycles. The highest BCUT2D eigenvalue weighted by atomic mass is 16.4. The molecule has 108 valence electrons. The van der Waals surface area contributed by atoms with Crippen molar-refractivity contribution in [2.45, 2.75) is 13.3 Å². The van der Waals surface area contributed by atoms with E-state index in [-0.39, 0.29) is 17.9 Å². The summed E-state index contributed by atoms with van der Waals surface area (Å²) in [4.78, 5) is 23.1. The molecular weight excluding hydrogens is 268 g/mol. The number of nitrogen functional groups attached to an aromatic ring is 1. The molecule has 4 N–H and O–H groups in total. The number of carbonyl (C=O) groups excluding carboxylic acids is 1. The van der Waals surface area contributed by atoms with Crippen molar-refractivity contribution in [3.05, 3.63) is 59.2 Å². The number of anilines is 2. The van der Waals surface area contributed by atoms with Crippen LogP contribution in [-0.4, -0.2) is 17.0 Å². The van der Waals surface area contributed by atoms with Gasteiger partial charge in [-0.1, -0.05) is 18.2 Å². The van der Waals surface area contributed by atoms with Crippen LogP contribution in [0.25, 0.3) is 0 Å². The van der Waals surface area contributed by atoms with Crippen LogP contribution >= 0.6 is 0 Å². The monoisotopic (exact) mass is 284 g/mol. The molecule has 0 heterocycles. The maximum atomic E-state index is 12.0. The molecule has 2 aromatic carbocycles. The Bertz CT molecular complexity index is 696. The number of hydrogen-bond acceptors (Lipinski definition) is 3. The van der Waals surface area contributed by atoms with Crippen LogP contribution in [0, 0.1) is 6.92 Å². The van der Waals surface area contributed by atoms with Crippen molar-refractivity contribution in [1.29, 1.82) is 0 Å². The number of carboxylic acid groups (broad SMARTS) is 1. The van der Waals surface area contributed by atoms with Crippen molar-refractivity contribution in [2.75, 3.05) is 11.1 Å². The summed E-state index contributed by atoms with van der Waals surface area (Å²) in [5.74, 6) is -1.23. The molecule has 0 atom stereocenters. The zero-order chi connectivity index (χ0) is 15.4. The second kappa shape index (κ2) is 6.09. The standard InChI is InChI=1S/C16H16N2O3/c1-10-13(16(20)21)6-3-7-14(10)18-15(19)9-11-4-2-5-12(17)8-11/h2-8H,9,17H2,1H3,(H,18,19)(H,20,21). The largest absolute Gasteiger partial charge is 0.478 e. The van der Waals surface area contributed by atoms with E-state index in [2.05, 4.69) is 5.32 Å². The lowest BCUT2D eigenvalue weighted by Crippen LogP contribution is -2.16. The fourth-order valence-electron chi connectivity index (χ4n) is 2.09. The van der Waals surface area contributed by atoms with E-state index in [1.165, 1.54) is 6.07 Å². The maximum absolute atomic E-state index is 12.0. The molecular formula is C16H16N2O3. The molecule has 0 unspecified atom stereocenters. The van der Waals surface area contributed by atoms with Gasteiger partial charge in [0, 0.05) is 11.4 Å². The van der Waals surface area contributed by atoms with E-state index in [9.17, 15) is 9.59 Å². The van der Waals surface area contributed by atoms with Gasteiger partial charge in [0.15, 0.2) is 0 Å². The molecule has 5 nitrogen and oxygen atoms in total. The smallest absolute Gasteiger partial charge is 0.336 e. The van der Waals surface area contributed by atoms with Crippen molar-refractivity contribution in [1.82, 2.24) is 0 Å². The van der Waals surface area contributed by atoms with Crippen LogP contribution < -0.4 is 11.1 Å². The van der Waals surface area contributed by atoms with Crippen molar-refractivity contribution in [2.24, 2.45) is 0 Å². The van der Waals surface area contributed by atoms with E-state index in [0.717, 1.165) is 5.56 Å². The van der Waals surface area contributed by atoms with Gasteiger partial charge >= 0.3 is 5.97 Å². The van der Waals surface area contributed by atoms with E-state index in [4.69, 9.17) is 10.8 Å². The highest BCUT2D eigenvalue weighted by Gasteiger charge is 2.12. The summed E-state index contributed by atoms with van der Waals surface area (Å²) in [6.45, 7) is 1.67. The summed E-state index contributed by atoms with van der Waals surface area (Å²) in [7, 11) is 0. The number of rotatable bonds is 4. The number of nitrogens with two attached hydrogens (primary N) is 1. The summed E-state index contributed by atoms with van der Waals surface area (Å²) in [6, 6.07) is 11.9. The van der Waals surface area contributed by atoms with Gasteiger partial charge in [-0.15, -0.1) is 0 Å². The molecule has 0 saturated heterocycles. The molecule has 0 fully saturated rings. The zero-order valence-corrected chi connectivity index (χ0v) is 11.6. The van der Waals surface area contributed by atoms with Gasteiger partial charge in [0.2, 0.25) is 5.91 Å². The molecule has 0 radical (unpaired) electrons. The van der Waals surface area contributed by atoms with E-state index in [0.29, 0.717) is 16.9 Å². The van der Waals surface area contributed by atoms with Crippen LogP contribution in [0.15, 0.2) is 42.5 Å². The summed E-state index contributed by atoms with van der Waals surface area (Å²) in [5.41, 5.74) is 8.29. The molecule has 0 aliphatic rings. The van der Waals surface area contributed by atoms with Crippen molar-refractivity contribution in [3.8, 4) is 0 Å². The summed E-state index contributed by atoms with van der Waals surface area (Å²) >= 11 is 0. The van der Waals surface area contributed by atoms with Crippen LogP contribution in [0.3, 0.4) is 0 Å². The maximum Gasteiger partial charge on any atom is 0.336 e. The Hall–Kier alpha value is -2.82. The third-order valence-electron chi connectivity index (χ3n) is 3.15. The predicted molar refractivity (Wildman–Crippen MR) is 81.3 cm³/mol. The number of aromatic carboxylic acids is 1. The first-order valence-electron chi connectivity index (χ1n) is 6.44. The van der Waals surface area contributed by atoms with Gasteiger partial charge in [0.05, 0.1) is 12.0 Å². The Morgan fingerprint density at radius 1 is 1.19 bits per heavy atom. The lowest BCUT2D eigenvalue weighted by molar-refractivity contribution is -0.115. The van der Waals surface area contributed by atoms with Crippen LogP contribution in [0.4, 0.5) is 11.4 Å². The van der Waals surface area contributed by atoms with Crippen LogP contribution in [0.1, 0.15) is 21.5 Å². The lowest BCUT2D eigenvalue weighted by atomic mass is 10.1. The number of benzene rings is 2. The fourth-order valence-corrected chi connectivity index (χ4v) is 2.09. The Labute approximate surface area is 122 Å². The Morgan fingerprint density at radius 2 is 1.90 bits per heavy atom. The Balaban J connectivity index is 2.13. The molecule has 0 bridgehead atoms. The second-order valence-corrected chi connectivity index (χ2v) is 4.75. The Kier molecular flexibility index (Phi) is 4.23. The van der Waals surface area contributed by atoms with E-state index < -0.39 is 5.97 Å². The van der Waals surface area contributed by atoms with Gasteiger partial charge in [-0.2, -0.15) is 0 Å². The molecule has 0 spiro atoms. The van der Waals surface area contributed by atoms with Gasteiger partial charge < -0.3 is 16.2 Å². The highest BCUT2D eigenvalue weighted by Crippen LogP contribution is 2.19. The minimum atomic E-state index is -1.01. The molecule has 0 aliphatic carbocycles. The van der Waals surface area contributed by atoms with Crippen LogP contribution in [-0.2, 0) is 11.2 Å². The predicted octanol–water partition coefficient (Wildman–Crippen LogP) is 2.46. The highest BCUT2D eigenvalue weighted by molar-refractivity contribution is 5.96. The SMILES string of the molecule is Cc1c(NC(=O)Cc2cccc(N)c2)cccc1C(=O)O. The average Bonchev–Trinajstić information content (AvgIpc) is 2.40. The van der Waals surface area contributed by atoms with E-state index >= 15 is 0 Å². The van der Waals surface area contributed by atoms with Crippen LogP contribution in [0.5, 0.6) is 0 Å². The summed E-state index contributed by atoms with van der Waals surface area (Å²) < 4.78 is 0. The van der Waals surface area contributed by atoms with Gasteiger partial charge in [-0.25, -0.2) is 4.79 Å². The van der Waals surface area contributed by atoms with Gasteiger partial charge in [-0.05, 0) is 42.3 Å². The third-order valence-corrected chi connectivity index (χ3v) is 3.15. The number of carboxylic acids is 1. The summed E-state index contributed by atoms with van der Waals surface area (Å²) in [5, 5.41) is 11.8. The number of carbonyl (C=O) groups is 2. The molecule has 5 heteroatoms. The van der Waals surface area contributed by atoms with Crippen molar-refractivity contribution in [3.63, 3.8) is 0 Å². The lowest BCUT2D eigenvalue weighted by Gasteiger charge is -2.10. The molecule has 21 heavy (non-hydrogen) atoms. The quantitative estimate of drug-likeness (QED) is 0.752. The van der Waals surface area contributed by atoms with Crippen molar-refractivity contribution < 1.29 is 14.7 Å². The van der Waals surface area contributed by atoms with E-state index in [1.807, 2.05) is 6.07 Å². The number of hydrogen-bond donors (Lipinski definition) is 3. The van der Waals surface area contributed by atoms with Gasteiger partial charge in [0.1, 0.15) is 0 Å². The first-order chi connectivity index (χ1) is 9.97. The molecule has 0 saturated carbocycles. The topological polar surface area (TPSA) is 92.4 Å². The van der Waals surface area contributed by atoms with Crippen LogP contribution in [0.2, 0.25) is 0 Å².